The normalized spacial score (nSPS) is 25.7. The van der Waals surface area contributed by atoms with E-state index in [2.05, 4.69) is 5.32 Å². The quantitative estimate of drug-likeness (QED) is 0.820. The van der Waals surface area contributed by atoms with Crippen molar-refractivity contribution in [1.29, 1.82) is 0 Å². The SMILES string of the molecule is CCOC1CC(N)(C(=O)NCCc2cccc(Cl)c2Cl)C1(C)C. The Morgan fingerprint density at radius 3 is 2.74 bits per heavy atom. The molecule has 2 unspecified atom stereocenters. The zero-order chi connectivity index (χ0) is 17.3. The molecule has 23 heavy (non-hydrogen) atoms. The molecule has 1 aromatic carbocycles. The molecule has 0 saturated heterocycles. The van der Waals surface area contributed by atoms with Crippen LogP contribution in [-0.4, -0.2) is 30.7 Å². The van der Waals surface area contributed by atoms with Gasteiger partial charge in [0, 0.05) is 25.0 Å². The first-order chi connectivity index (χ1) is 10.7. The summed E-state index contributed by atoms with van der Waals surface area (Å²) in [6.07, 6.45) is 1.17. The Balaban J connectivity index is 1.92. The van der Waals surface area contributed by atoms with Gasteiger partial charge in [0.15, 0.2) is 0 Å². The Morgan fingerprint density at radius 1 is 1.43 bits per heavy atom. The van der Waals surface area contributed by atoms with Gasteiger partial charge in [-0.15, -0.1) is 0 Å². The summed E-state index contributed by atoms with van der Waals surface area (Å²) < 4.78 is 5.65. The zero-order valence-corrected chi connectivity index (χ0v) is 15.3. The molecular weight excluding hydrogens is 335 g/mol. The number of nitrogens with two attached hydrogens (primary N) is 1. The molecule has 0 aliphatic heterocycles. The molecular formula is C17H24Cl2N2O2. The zero-order valence-electron chi connectivity index (χ0n) is 13.8. The summed E-state index contributed by atoms with van der Waals surface area (Å²) in [5.41, 5.74) is 5.96. The number of benzene rings is 1. The minimum atomic E-state index is -0.898. The van der Waals surface area contributed by atoms with Gasteiger partial charge in [-0.2, -0.15) is 0 Å². The van der Waals surface area contributed by atoms with Gasteiger partial charge in [0.2, 0.25) is 5.91 Å². The topological polar surface area (TPSA) is 64.3 Å². The molecule has 6 heteroatoms. The van der Waals surface area contributed by atoms with E-state index in [9.17, 15) is 4.79 Å². The molecule has 3 N–H and O–H groups in total. The molecule has 0 bridgehead atoms. The van der Waals surface area contributed by atoms with E-state index >= 15 is 0 Å². The van der Waals surface area contributed by atoms with Gasteiger partial charge in [0.05, 0.1) is 16.1 Å². The van der Waals surface area contributed by atoms with E-state index < -0.39 is 5.54 Å². The lowest BCUT2D eigenvalue weighted by molar-refractivity contribution is -0.170. The summed E-state index contributed by atoms with van der Waals surface area (Å²) in [4.78, 5) is 12.5. The Morgan fingerprint density at radius 2 is 2.13 bits per heavy atom. The molecule has 2 rings (SSSR count). The van der Waals surface area contributed by atoms with E-state index in [1.165, 1.54) is 0 Å². The molecule has 1 saturated carbocycles. The molecule has 0 spiro atoms. The molecule has 1 fully saturated rings. The van der Waals surface area contributed by atoms with Crippen LogP contribution in [0.5, 0.6) is 0 Å². The van der Waals surface area contributed by atoms with E-state index in [4.69, 9.17) is 33.7 Å². The Hall–Kier alpha value is -0.810. The first-order valence-electron chi connectivity index (χ1n) is 7.85. The number of carbonyl (C=O) groups excluding carboxylic acids is 1. The van der Waals surface area contributed by atoms with Gasteiger partial charge >= 0.3 is 0 Å². The Bertz CT molecular complexity index is 592. The lowest BCUT2D eigenvalue weighted by atomic mass is 9.54. The van der Waals surface area contributed by atoms with Gasteiger partial charge in [-0.25, -0.2) is 0 Å². The summed E-state index contributed by atoms with van der Waals surface area (Å²) in [6, 6.07) is 5.49. The minimum Gasteiger partial charge on any atom is -0.378 e. The molecule has 0 heterocycles. The van der Waals surface area contributed by atoms with Crippen LogP contribution in [0.2, 0.25) is 10.0 Å². The van der Waals surface area contributed by atoms with Gasteiger partial charge in [0.1, 0.15) is 5.54 Å². The van der Waals surface area contributed by atoms with Crippen molar-refractivity contribution < 1.29 is 9.53 Å². The second kappa shape index (κ2) is 6.98. The van der Waals surface area contributed by atoms with Crippen LogP contribution in [0, 0.1) is 5.41 Å². The standard InChI is InChI=1S/C17H24Cl2N2O2/c1-4-23-13-10-17(20,16(13,2)3)15(22)21-9-8-11-6-5-7-12(18)14(11)19/h5-7,13H,4,8-10,20H2,1-3H3,(H,21,22). The lowest BCUT2D eigenvalue weighted by Crippen LogP contribution is -2.75. The third kappa shape index (κ3) is 3.36. The van der Waals surface area contributed by atoms with E-state index in [1.54, 1.807) is 6.07 Å². The molecule has 0 aromatic heterocycles. The summed E-state index contributed by atoms with van der Waals surface area (Å²) >= 11 is 12.1. The van der Waals surface area contributed by atoms with E-state index in [-0.39, 0.29) is 17.4 Å². The van der Waals surface area contributed by atoms with Crippen molar-refractivity contribution >= 4 is 29.1 Å². The van der Waals surface area contributed by atoms with Crippen molar-refractivity contribution in [3.63, 3.8) is 0 Å². The van der Waals surface area contributed by atoms with Crippen LogP contribution in [0.3, 0.4) is 0 Å². The largest absolute Gasteiger partial charge is 0.378 e. The van der Waals surface area contributed by atoms with Gasteiger partial charge < -0.3 is 15.8 Å². The van der Waals surface area contributed by atoms with Crippen molar-refractivity contribution in [2.75, 3.05) is 13.2 Å². The molecule has 1 aromatic rings. The van der Waals surface area contributed by atoms with Gasteiger partial charge in [-0.3, -0.25) is 4.79 Å². The molecule has 2 atom stereocenters. The van der Waals surface area contributed by atoms with E-state index in [1.807, 2.05) is 32.9 Å². The number of hydrogen-bond acceptors (Lipinski definition) is 3. The summed E-state index contributed by atoms with van der Waals surface area (Å²) in [5.74, 6) is -0.142. The number of nitrogens with one attached hydrogen (secondary N) is 1. The van der Waals surface area contributed by atoms with Gasteiger partial charge in [0.25, 0.3) is 0 Å². The number of carbonyl (C=O) groups is 1. The van der Waals surface area contributed by atoms with Crippen molar-refractivity contribution in [1.82, 2.24) is 5.32 Å². The fourth-order valence-electron chi connectivity index (χ4n) is 3.03. The van der Waals surface area contributed by atoms with Crippen molar-refractivity contribution in [3.8, 4) is 0 Å². The molecule has 128 valence electrons. The fraction of sp³-hybridized carbons (Fsp3) is 0.588. The average Bonchev–Trinajstić information content (AvgIpc) is 2.50. The Kier molecular flexibility index (Phi) is 5.62. The lowest BCUT2D eigenvalue weighted by Gasteiger charge is -2.57. The Labute approximate surface area is 147 Å². The van der Waals surface area contributed by atoms with Crippen LogP contribution < -0.4 is 11.1 Å². The van der Waals surface area contributed by atoms with E-state index in [0.717, 1.165) is 5.56 Å². The molecule has 4 nitrogen and oxygen atoms in total. The van der Waals surface area contributed by atoms with Crippen molar-refractivity contribution in [3.05, 3.63) is 33.8 Å². The third-order valence-electron chi connectivity index (χ3n) is 4.95. The monoisotopic (exact) mass is 358 g/mol. The molecule has 1 amide bonds. The summed E-state index contributed by atoms with van der Waals surface area (Å²) in [5, 5.41) is 3.97. The fourth-order valence-corrected chi connectivity index (χ4v) is 3.45. The molecule has 0 radical (unpaired) electrons. The van der Waals surface area contributed by atoms with Crippen LogP contribution in [0.4, 0.5) is 0 Å². The van der Waals surface area contributed by atoms with E-state index in [0.29, 0.717) is 36.0 Å². The number of ether oxygens (including phenoxy) is 1. The first-order valence-corrected chi connectivity index (χ1v) is 8.61. The van der Waals surface area contributed by atoms with Gasteiger partial charge in [-0.05, 0) is 25.0 Å². The molecule has 1 aliphatic carbocycles. The van der Waals surface area contributed by atoms with Crippen LogP contribution in [0.25, 0.3) is 0 Å². The number of halogens is 2. The third-order valence-corrected chi connectivity index (χ3v) is 5.80. The van der Waals surface area contributed by atoms with Crippen molar-refractivity contribution in [2.45, 2.75) is 45.3 Å². The molecule has 1 aliphatic rings. The maximum absolute atomic E-state index is 12.5. The van der Waals surface area contributed by atoms with Crippen molar-refractivity contribution in [2.24, 2.45) is 11.1 Å². The maximum atomic E-state index is 12.5. The second-order valence-electron chi connectivity index (χ2n) is 6.56. The maximum Gasteiger partial charge on any atom is 0.240 e. The predicted molar refractivity (Wildman–Crippen MR) is 93.9 cm³/mol. The summed E-state index contributed by atoms with van der Waals surface area (Å²) in [6.45, 7) is 6.99. The first kappa shape index (κ1) is 18.5. The van der Waals surface area contributed by atoms with Gasteiger partial charge in [-0.1, -0.05) is 49.2 Å². The van der Waals surface area contributed by atoms with Crippen LogP contribution in [0.1, 0.15) is 32.8 Å². The highest BCUT2D eigenvalue weighted by Gasteiger charge is 2.62. The smallest absolute Gasteiger partial charge is 0.240 e. The highest BCUT2D eigenvalue weighted by molar-refractivity contribution is 6.42. The minimum absolute atomic E-state index is 0.0191. The summed E-state index contributed by atoms with van der Waals surface area (Å²) in [7, 11) is 0. The van der Waals surface area contributed by atoms with Crippen LogP contribution >= 0.6 is 23.2 Å². The number of hydrogen-bond donors (Lipinski definition) is 2. The van der Waals surface area contributed by atoms with Crippen LogP contribution in [0.15, 0.2) is 18.2 Å². The highest BCUT2D eigenvalue weighted by atomic mass is 35.5. The number of rotatable bonds is 6. The number of amides is 1. The second-order valence-corrected chi connectivity index (χ2v) is 7.35. The average molecular weight is 359 g/mol. The highest BCUT2D eigenvalue weighted by Crippen LogP contribution is 2.49. The van der Waals surface area contributed by atoms with Crippen LogP contribution in [-0.2, 0) is 16.0 Å². The predicted octanol–water partition coefficient (Wildman–Crippen LogP) is 3.18.